The van der Waals surface area contributed by atoms with Crippen LogP contribution in [0.4, 0.5) is 0 Å². The first-order valence-electron chi connectivity index (χ1n) is 10.9. The fraction of sp³-hybridized carbons (Fsp3) is 0.652. The smallest absolute Gasteiger partial charge is 0.180 e. The molecule has 164 valence electrons. The van der Waals surface area contributed by atoms with E-state index in [0.717, 1.165) is 37.1 Å². The molecule has 30 heavy (non-hydrogen) atoms. The number of H-pyrrole nitrogens is 1. The molecule has 2 aromatic rings. The normalized spacial score (nSPS) is 37.6. The Morgan fingerprint density at radius 3 is 2.90 bits per heavy atom. The number of ether oxygens (including phenoxy) is 5. The highest BCUT2D eigenvalue weighted by atomic mass is 16.8. The maximum absolute atomic E-state index is 6.32. The van der Waals surface area contributed by atoms with E-state index in [1.807, 2.05) is 6.07 Å². The van der Waals surface area contributed by atoms with Crippen LogP contribution in [-0.4, -0.2) is 57.3 Å². The van der Waals surface area contributed by atoms with Gasteiger partial charge in [-0.25, -0.2) is 0 Å². The molecule has 7 heteroatoms. The topological polar surface area (TPSA) is 74.0 Å². The first-order valence-corrected chi connectivity index (χ1v) is 10.9. The number of benzene rings is 1. The highest BCUT2D eigenvalue weighted by Crippen LogP contribution is 2.56. The van der Waals surface area contributed by atoms with Crippen LogP contribution in [-0.2, 0) is 25.4 Å². The maximum Gasteiger partial charge on any atom is 0.180 e. The van der Waals surface area contributed by atoms with Crippen molar-refractivity contribution in [3.63, 3.8) is 0 Å². The van der Waals surface area contributed by atoms with Gasteiger partial charge in [-0.1, -0.05) is 6.92 Å². The van der Waals surface area contributed by atoms with Crippen molar-refractivity contribution in [2.75, 3.05) is 27.9 Å². The predicted octanol–water partition coefficient (Wildman–Crippen LogP) is 3.04. The maximum atomic E-state index is 6.32. The van der Waals surface area contributed by atoms with Crippen molar-refractivity contribution in [2.45, 2.75) is 50.6 Å². The molecule has 1 saturated carbocycles. The van der Waals surface area contributed by atoms with Crippen LogP contribution in [0.5, 0.6) is 5.75 Å². The Labute approximate surface area is 177 Å². The summed E-state index contributed by atoms with van der Waals surface area (Å²) >= 11 is 0. The first-order chi connectivity index (χ1) is 14.6. The fourth-order valence-electron chi connectivity index (χ4n) is 5.84. The molecule has 4 heterocycles. The van der Waals surface area contributed by atoms with Crippen molar-refractivity contribution < 1.29 is 23.7 Å². The average molecular weight is 417 g/mol. The molecule has 2 N–H and O–H groups in total. The van der Waals surface area contributed by atoms with Gasteiger partial charge >= 0.3 is 0 Å². The Balaban J connectivity index is 1.27. The van der Waals surface area contributed by atoms with Crippen LogP contribution in [0.25, 0.3) is 10.9 Å². The SMILES string of the molecule is COc1ccc2[nH]cc(CCN[C@H]3C[C@@H]4C(C)[C@H]5O[C@@H](OC)[C@@H]4[C@@](OC)(C3)O5)c2c1. The monoisotopic (exact) mass is 416 g/mol. The summed E-state index contributed by atoms with van der Waals surface area (Å²) in [5.74, 6) is 1.13. The van der Waals surface area contributed by atoms with E-state index in [1.54, 1.807) is 21.3 Å². The van der Waals surface area contributed by atoms with Crippen LogP contribution in [0.2, 0.25) is 0 Å². The number of nitrogens with one attached hydrogen (secondary N) is 2. The van der Waals surface area contributed by atoms with E-state index in [1.165, 1.54) is 10.9 Å². The molecule has 4 aliphatic rings. The number of hydrogen-bond acceptors (Lipinski definition) is 6. The molecule has 4 bridgehead atoms. The van der Waals surface area contributed by atoms with Gasteiger partial charge in [0.1, 0.15) is 5.75 Å². The molecule has 1 aliphatic carbocycles. The summed E-state index contributed by atoms with van der Waals surface area (Å²) in [4.78, 5) is 3.36. The van der Waals surface area contributed by atoms with Gasteiger partial charge in [0.2, 0.25) is 0 Å². The van der Waals surface area contributed by atoms with Crippen molar-refractivity contribution in [1.29, 1.82) is 0 Å². The number of fused-ring (bicyclic) bond motifs is 2. The van der Waals surface area contributed by atoms with Crippen LogP contribution in [0, 0.1) is 17.8 Å². The lowest BCUT2D eigenvalue weighted by Gasteiger charge is -2.62. The highest BCUT2D eigenvalue weighted by Gasteiger charge is 2.65. The molecule has 7 nitrogen and oxygen atoms in total. The van der Waals surface area contributed by atoms with Crippen molar-refractivity contribution >= 4 is 10.9 Å². The minimum atomic E-state index is -0.634. The van der Waals surface area contributed by atoms with E-state index in [2.05, 4.69) is 35.6 Å². The summed E-state index contributed by atoms with van der Waals surface area (Å²) < 4.78 is 29.3. The molecule has 1 aromatic heterocycles. The molecule has 3 aliphatic heterocycles. The standard InChI is InChI=1S/C23H32N2O5/c1-13-17-9-15(11-23(28-4)20(17)22(27-3)29-21(13)30-23)24-8-7-14-12-25-19-6-5-16(26-2)10-18(14)19/h5-6,10,12-13,15,17,20-22,24-25H,7-9,11H2,1-4H3/t13?,15-,17+,20+,21-,22+,23+/m0/s1. The molecule has 7 atom stereocenters. The van der Waals surface area contributed by atoms with E-state index in [9.17, 15) is 0 Å². The number of hydrogen-bond donors (Lipinski definition) is 2. The summed E-state index contributed by atoms with van der Waals surface area (Å²) in [6, 6.07) is 6.49. The van der Waals surface area contributed by atoms with Crippen LogP contribution >= 0.6 is 0 Å². The van der Waals surface area contributed by atoms with E-state index >= 15 is 0 Å². The molecule has 1 unspecified atom stereocenters. The molecule has 0 spiro atoms. The van der Waals surface area contributed by atoms with Gasteiger partial charge in [-0.05, 0) is 49.1 Å². The molecular weight excluding hydrogens is 384 g/mol. The molecule has 4 fully saturated rings. The van der Waals surface area contributed by atoms with Crippen molar-refractivity contribution in [3.05, 3.63) is 30.0 Å². The van der Waals surface area contributed by atoms with E-state index in [4.69, 9.17) is 23.7 Å². The summed E-state index contributed by atoms with van der Waals surface area (Å²) in [6.07, 6.45) is 4.42. The van der Waals surface area contributed by atoms with Crippen molar-refractivity contribution in [2.24, 2.45) is 17.8 Å². The largest absolute Gasteiger partial charge is 0.497 e. The number of rotatable bonds is 7. The van der Waals surface area contributed by atoms with Gasteiger partial charge in [-0.2, -0.15) is 0 Å². The zero-order valence-electron chi connectivity index (χ0n) is 18.1. The van der Waals surface area contributed by atoms with Crippen LogP contribution in [0.3, 0.4) is 0 Å². The van der Waals surface area contributed by atoms with E-state index in [-0.39, 0.29) is 18.5 Å². The van der Waals surface area contributed by atoms with Gasteiger partial charge in [-0.15, -0.1) is 0 Å². The van der Waals surface area contributed by atoms with Gasteiger partial charge in [0.05, 0.1) is 13.0 Å². The van der Waals surface area contributed by atoms with Crippen LogP contribution < -0.4 is 10.1 Å². The van der Waals surface area contributed by atoms with Gasteiger partial charge < -0.3 is 34.0 Å². The van der Waals surface area contributed by atoms with Gasteiger partial charge in [0, 0.05) is 49.7 Å². The second kappa shape index (κ2) is 7.80. The Morgan fingerprint density at radius 1 is 1.27 bits per heavy atom. The lowest BCUT2D eigenvalue weighted by molar-refractivity contribution is -0.477. The Bertz CT molecular complexity index is 901. The second-order valence-electron chi connectivity index (χ2n) is 8.86. The lowest BCUT2D eigenvalue weighted by Crippen LogP contribution is -2.71. The molecule has 0 amide bonds. The molecule has 6 rings (SSSR count). The molecule has 1 aromatic carbocycles. The average Bonchev–Trinajstić information content (AvgIpc) is 3.18. The van der Waals surface area contributed by atoms with Crippen LogP contribution in [0.1, 0.15) is 25.3 Å². The third kappa shape index (κ3) is 3.15. The number of methoxy groups -OCH3 is 3. The van der Waals surface area contributed by atoms with Gasteiger partial charge in [0.15, 0.2) is 18.4 Å². The van der Waals surface area contributed by atoms with Crippen molar-refractivity contribution in [3.8, 4) is 5.75 Å². The van der Waals surface area contributed by atoms with Gasteiger partial charge in [-0.3, -0.25) is 0 Å². The Morgan fingerprint density at radius 2 is 2.13 bits per heavy atom. The quantitative estimate of drug-likeness (QED) is 0.723. The fourth-order valence-corrected chi connectivity index (χ4v) is 5.84. The second-order valence-corrected chi connectivity index (χ2v) is 8.86. The third-order valence-electron chi connectivity index (χ3n) is 7.42. The summed E-state index contributed by atoms with van der Waals surface area (Å²) in [7, 11) is 5.16. The summed E-state index contributed by atoms with van der Waals surface area (Å²) in [5, 5.41) is 4.99. The minimum absolute atomic E-state index is 0.103. The minimum Gasteiger partial charge on any atom is -0.497 e. The van der Waals surface area contributed by atoms with Gasteiger partial charge in [0.25, 0.3) is 0 Å². The predicted molar refractivity (Wildman–Crippen MR) is 112 cm³/mol. The van der Waals surface area contributed by atoms with E-state index in [0.29, 0.717) is 17.9 Å². The first kappa shape index (κ1) is 20.3. The van der Waals surface area contributed by atoms with Crippen LogP contribution in [0.15, 0.2) is 24.4 Å². The summed E-state index contributed by atoms with van der Waals surface area (Å²) in [5.41, 5.74) is 2.44. The Hall–Kier alpha value is -1.64. The zero-order chi connectivity index (χ0) is 20.9. The third-order valence-corrected chi connectivity index (χ3v) is 7.42. The zero-order valence-corrected chi connectivity index (χ0v) is 18.1. The lowest BCUT2D eigenvalue weighted by atomic mass is 9.63. The Kier molecular flexibility index (Phi) is 5.27. The molecular formula is C23H32N2O5. The van der Waals surface area contributed by atoms with E-state index < -0.39 is 5.79 Å². The molecule has 0 radical (unpaired) electrons. The van der Waals surface area contributed by atoms with Crippen molar-refractivity contribution in [1.82, 2.24) is 10.3 Å². The number of aromatic amines is 1. The highest BCUT2D eigenvalue weighted by molar-refractivity contribution is 5.84. The summed E-state index contributed by atoms with van der Waals surface area (Å²) in [6.45, 7) is 3.11. The molecule has 3 saturated heterocycles. The number of aromatic nitrogens is 1.